The summed E-state index contributed by atoms with van der Waals surface area (Å²) in [7, 11) is 0. The van der Waals surface area contributed by atoms with Gasteiger partial charge in [0.05, 0.1) is 91.5 Å². The Morgan fingerprint density at radius 2 is 1.25 bits per heavy atom. The Bertz CT molecular complexity index is 1890. The molecular formula is C40H51N3O13S. The number of benzene rings is 3. The highest BCUT2D eigenvalue weighted by atomic mass is 32.1. The maximum Gasteiger partial charge on any atom is 0.336 e. The van der Waals surface area contributed by atoms with E-state index in [0.717, 1.165) is 0 Å². The molecule has 1 aliphatic carbocycles. The fourth-order valence-electron chi connectivity index (χ4n) is 5.44. The zero-order chi connectivity index (χ0) is 40.7. The van der Waals surface area contributed by atoms with Crippen LogP contribution in [0, 0.1) is 0 Å². The molecule has 310 valence electrons. The quantitative estimate of drug-likeness (QED) is 0.0313. The second-order valence-electron chi connectivity index (χ2n) is 12.2. The normalized spacial score (nSPS) is 11.2. The van der Waals surface area contributed by atoms with E-state index < -0.39 is 5.97 Å². The number of amides is 1. The molecule has 4 rings (SSSR count). The highest BCUT2D eigenvalue weighted by Gasteiger charge is 2.22. The summed E-state index contributed by atoms with van der Waals surface area (Å²) >= 11 is 5.39. The van der Waals surface area contributed by atoms with E-state index >= 15 is 0 Å². The minimum Gasteiger partial charge on any atom is -0.508 e. The number of phenols is 1. The number of fused-ring (bicyclic) bond motifs is 2. The zero-order valence-electron chi connectivity index (χ0n) is 32.0. The molecule has 0 saturated carbocycles. The summed E-state index contributed by atoms with van der Waals surface area (Å²) in [5.41, 5.74) is 1.88. The number of phenolic OH excluding ortho intramolecular Hbond substituents is 1. The van der Waals surface area contributed by atoms with Gasteiger partial charge in [0, 0.05) is 60.5 Å². The summed E-state index contributed by atoms with van der Waals surface area (Å²) in [6.07, 6.45) is 0.183. The van der Waals surface area contributed by atoms with E-state index in [1.54, 1.807) is 24.3 Å². The van der Waals surface area contributed by atoms with Gasteiger partial charge in [0.25, 0.3) is 0 Å². The van der Waals surface area contributed by atoms with Gasteiger partial charge in [-0.05, 0) is 61.1 Å². The Kier molecular flexibility index (Phi) is 20.1. The fourth-order valence-corrected chi connectivity index (χ4v) is 5.66. The average Bonchev–Trinajstić information content (AvgIpc) is 3.19. The van der Waals surface area contributed by atoms with Gasteiger partial charge < -0.3 is 63.7 Å². The first-order chi connectivity index (χ1) is 27.8. The van der Waals surface area contributed by atoms with Crippen LogP contribution >= 0.6 is 12.2 Å². The molecule has 5 N–H and O–H groups in total. The zero-order valence-corrected chi connectivity index (χ0v) is 32.8. The monoisotopic (exact) mass is 813 g/mol. The lowest BCUT2D eigenvalue weighted by Crippen LogP contribution is -2.36. The Morgan fingerprint density at radius 3 is 1.84 bits per heavy atom. The van der Waals surface area contributed by atoms with Crippen molar-refractivity contribution >= 4 is 45.9 Å². The van der Waals surface area contributed by atoms with E-state index in [2.05, 4.69) is 16.0 Å². The van der Waals surface area contributed by atoms with Crippen LogP contribution in [-0.2, 0) is 38.0 Å². The van der Waals surface area contributed by atoms with Crippen LogP contribution in [-0.4, -0.2) is 133 Å². The number of carbonyl (C=O) groups excluding carboxylic acids is 1. The standard InChI is InChI=1S/C40H51N3O13S/c1-2-49-13-14-51-17-18-53-21-22-55-24-23-54-20-19-52-16-15-50-12-9-37(46)41-10-11-42-40(57)43-28-3-6-31(34(25-28)39(47)48)38-32-7-4-29(44)26-35(32)56-36-27-30(45)5-8-33(36)38/h3-8,25-27,44H,2,9-24H2,1H3,(H,41,46)(H,47,48)(H2,42,43,57). The van der Waals surface area contributed by atoms with Crippen LogP contribution in [0.1, 0.15) is 23.7 Å². The topological polar surface area (TPSA) is 206 Å². The molecule has 2 aromatic carbocycles. The highest BCUT2D eigenvalue weighted by molar-refractivity contribution is 7.80. The third-order valence-electron chi connectivity index (χ3n) is 8.10. The van der Waals surface area contributed by atoms with E-state index in [0.29, 0.717) is 132 Å². The Labute approximate surface area is 336 Å². The number of rotatable bonds is 28. The van der Waals surface area contributed by atoms with E-state index in [4.69, 9.17) is 49.8 Å². The number of anilines is 1. The van der Waals surface area contributed by atoms with Gasteiger partial charge in [-0.25, -0.2) is 4.79 Å². The van der Waals surface area contributed by atoms with Crippen molar-refractivity contribution in [3.63, 3.8) is 0 Å². The number of thiocarbonyl (C=S) groups is 1. The van der Waals surface area contributed by atoms with Gasteiger partial charge in [-0.3, -0.25) is 9.59 Å². The maximum atomic E-state index is 12.5. The molecule has 0 atom stereocenters. The van der Waals surface area contributed by atoms with E-state index in [1.807, 2.05) is 6.92 Å². The van der Waals surface area contributed by atoms with Gasteiger partial charge in [0.2, 0.25) is 5.91 Å². The number of carbonyl (C=O) groups is 2. The number of nitrogens with one attached hydrogen (secondary N) is 3. The molecule has 1 aliphatic heterocycles. The van der Waals surface area contributed by atoms with Crippen molar-refractivity contribution in [2.24, 2.45) is 0 Å². The van der Waals surface area contributed by atoms with Crippen molar-refractivity contribution in [2.45, 2.75) is 13.3 Å². The number of carboxylic acid groups (broad SMARTS) is 1. The first kappa shape index (κ1) is 45.0. The minimum atomic E-state index is -1.18. The van der Waals surface area contributed by atoms with E-state index in [9.17, 15) is 24.6 Å². The average molecular weight is 814 g/mol. The third-order valence-corrected chi connectivity index (χ3v) is 8.34. The summed E-state index contributed by atoms with van der Waals surface area (Å²) in [4.78, 5) is 36.8. The van der Waals surface area contributed by atoms with Crippen molar-refractivity contribution in [1.82, 2.24) is 10.6 Å². The molecule has 0 saturated heterocycles. The second-order valence-corrected chi connectivity index (χ2v) is 12.6. The SMILES string of the molecule is CCOCCOCCOCCOCCOCCOCCOCCC(=O)NCCNC(=S)Nc1ccc(-c2c3ccc(=O)cc-3oc3cc(O)ccc23)c(C(=O)O)c1. The molecule has 0 unspecified atom stereocenters. The van der Waals surface area contributed by atoms with Gasteiger partial charge in [0.1, 0.15) is 17.1 Å². The molecule has 16 nitrogen and oxygen atoms in total. The molecule has 1 heterocycles. The largest absolute Gasteiger partial charge is 0.508 e. The summed E-state index contributed by atoms with van der Waals surface area (Å²) < 4.78 is 43.7. The number of aromatic hydroxyl groups is 1. The highest BCUT2D eigenvalue weighted by Crippen LogP contribution is 2.42. The van der Waals surface area contributed by atoms with Crippen molar-refractivity contribution < 1.29 is 57.4 Å². The number of aromatic carboxylic acids is 1. The molecule has 17 heteroatoms. The molecule has 0 fully saturated rings. The second kappa shape index (κ2) is 25.5. The smallest absolute Gasteiger partial charge is 0.336 e. The van der Waals surface area contributed by atoms with Crippen LogP contribution in [0.3, 0.4) is 0 Å². The van der Waals surface area contributed by atoms with Crippen LogP contribution in [0.25, 0.3) is 33.4 Å². The Balaban J connectivity index is 1.04. The third kappa shape index (κ3) is 16.0. The predicted molar refractivity (Wildman–Crippen MR) is 216 cm³/mol. The van der Waals surface area contributed by atoms with Crippen molar-refractivity contribution in [3.8, 4) is 28.2 Å². The number of carboxylic acids is 1. The molecular weight excluding hydrogens is 763 g/mol. The lowest BCUT2D eigenvalue weighted by Gasteiger charge is -2.18. The molecule has 0 bridgehead atoms. The summed E-state index contributed by atoms with van der Waals surface area (Å²) in [5.74, 6) is -1.15. The van der Waals surface area contributed by atoms with E-state index in [-0.39, 0.29) is 46.5 Å². The predicted octanol–water partition coefficient (Wildman–Crippen LogP) is 3.90. The lowest BCUT2D eigenvalue weighted by atomic mass is 9.90. The van der Waals surface area contributed by atoms with Crippen molar-refractivity contribution in [2.75, 3.05) is 111 Å². The summed E-state index contributed by atoms with van der Waals surface area (Å²) in [5, 5.41) is 29.8. The summed E-state index contributed by atoms with van der Waals surface area (Å²) in [6, 6.07) is 13.6. The first-order valence-electron chi connectivity index (χ1n) is 18.7. The number of ether oxygens (including phenoxy) is 7. The van der Waals surface area contributed by atoms with Gasteiger partial charge in [0.15, 0.2) is 10.5 Å². The Hall–Kier alpha value is -4.72. The Morgan fingerprint density at radius 1 is 0.684 bits per heavy atom. The minimum absolute atomic E-state index is 0.0202. The van der Waals surface area contributed by atoms with Crippen LogP contribution in [0.5, 0.6) is 5.75 Å². The molecule has 0 aromatic heterocycles. The van der Waals surface area contributed by atoms with Crippen LogP contribution in [0.15, 0.2) is 63.8 Å². The molecule has 1 amide bonds. The van der Waals surface area contributed by atoms with Gasteiger partial charge in [-0.15, -0.1) is 0 Å². The lowest BCUT2D eigenvalue weighted by molar-refractivity contribution is -0.122. The molecule has 2 aliphatic rings. The van der Waals surface area contributed by atoms with Gasteiger partial charge in [-0.1, -0.05) is 6.07 Å². The number of hydrogen-bond donors (Lipinski definition) is 5. The first-order valence-corrected chi connectivity index (χ1v) is 19.1. The summed E-state index contributed by atoms with van der Waals surface area (Å²) in [6.45, 7) is 9.18. The molecule has 2 aromatic rings. The fraction of sp³-hybridized carbons (Fsp3) is 0.450. The van der Waals surface area contributed by atoms with Crippen LogP contribution in [0.2, 0.25) is 0 Å². The van der Waals surface area contributed by atoms with Crippen molar-refractivity contribution in [1.29, 1.82) is 0 Å². The number of hydrogen-bond acceptors (Lipinski definition) is 13. The molecule has 0 spiro atoms. The van der Waals surface area contributed by atoms with Crippen molar-refractivity contribution in [3.05, 3.63) is 70.4 Å². The molecule has 0 radical (unpaired) electrons. The van der Waals surface area contributed by atoms with Crippen LogP contribution in [0.4, 0.5) is 5.69 Å². The maximum absolute atomic E-state index is 12.5. The van der Waals surface area contributed by atoms with Crippen LogP contribution < -0.4 is 21.4 Å². The molecule has 57 heavy (non-hydrogen) atoms. The van der Waals surface area contributed by atoms with Gasteiger partial charge in [-0.2, -0.15) is 0 Å². The van der Waals surface area contributed by atoms with E-state index in [1.165, 1.54) is 30.3 Å². The van der Waals surface area contributed by atoms with Gasteiger partial charge >= 0.3 is 5.97 Å².